The predicted octanol–water partition coefficient (Wildman–Crippen LogP) is 3.18. The van der Waals surface area contributed by atoms with Crippen molar-refractivity contribution in [3.05, 3.63) is 70.1 Å². The lowest BCUT2D eigenvalue weighted by Crippen LogP contribution is -2.53. The van der Waals surface area contributed by atoms with Crippen LogP contribution < -0.4 is 15.6 Å². The van der Waals surface area contributed by atoms with Gasteiger partial charge in [-0.2, -0.15) is 0 Å². The summed E-state index contributed by atoms with van der Waals surface area (Å²) in [5.41, 5.74) is 15.2. The number of aliphatic hydroxyl groups is 1. The Morgan fingerprint density at radius 2 is 2.09 bits per heavy atom. The summed E-state index contributed by atoms with van der Waals surface area (Å²) in [6.45, 7) is 3.15. The molecule has 3 rings (SSSR count). The van der Waals surface area contributed by atoms with Crippen LogP contribution in [0, 0.1) is 0 Å². The molecule has 10 heteroatoms. The molecule has 0 aromatic heterocycles. The van der Waals surface area contributed by atoms with E-state index in [2.05, 4.69) is 20.9 Å². The molecule has 2 aromatic carbocycles. The highest BCUT2D eigenvalue weighted by Gasteiger charge is 2.45. The highest BCUT2D eigenvalue weighted by Crippen LogP contribution is 2.31. The number of carbonyl (C=O) groups excluding carboxylic acids is 1. The van der Waals surface area contributed by atoms with E-state index in [9.17, 15) is 4.79 Å². The van der Waals surface area contributed by atoms with Gasteiger partial charge >= 0.3 is 0 Å². The highest BCUT2D eigenvalue weighted by molar-refractivity contribution is 6.00. The van der Waals surface area contributed by atoms with Crippen molar-refractivity contribution >= 4 is 17.5 Å². The molecule has 3 N–H and O–H groups in total. The van der Waals surface area contributed by atoms with Crippen LogP contribution in [0.4, 0.5) is 5.69 Å². The van der Waals surface area contributed by atoms with Gasteiger partial charge in [-0.3, -0.25) is 10.2 Å². The third kappa shape index (κ3) is 6.23. The van der Waals surface area contributed by atoms with Gasteiger partial charge in [0, 0.05) is 42.2 Å². The lowest BCUT2D eigenvalue weighted by Gasteiger charge is -2.24. The number of nitrogens with one attached hydrogen (secondary N) is 2. The van der Waals surface area contributed by atoms with E-state index in [-0.39, 0.29) is 25.5 Å². The van der Waals surface area contributed by atoms with Crippen LogP contribution in [0.2, 0.25) is 0 Å². The smallest absolute Gasteiger partial charge is 0.266 e. The van der Waals surface area contributed by atoms with E-state index in [4.69, 9.17) is 25.1 Å². The Labute approximate surface area is 192 Å². The third-order valence-corrected chi connectivity index (χ3v) is 5.06. The Morgan fingerprint density at radius 3 is 2.82 bits per heavy atom. The summed E-state index contributed by atoms with van der Waals surface area (Å²) in [5, 5.41) is 12.6. The van der Waals surface area contributed by atoms with E-state index in [1.807, 2.05) is 31.2 Å². The largest absolute Gasteiger partial charge is 0.494 e. The van der Waals surface area contributed by atoms with Gasteiger partial charge in [0.1, 0.15) is 12.4 Å². The number of azide groups is 1. The van der Waals surface area contributed by atoms with Gasteiger partial charge in [-0.25, -0.2) is 10.4 Å². The maximum atomic E-state index is 13.2. The molecule has 1 atom stereocenters. The molecular formula is C23H28N6O4. The molecule has 1 aliphatic rings. The quantitative estimate of drug-likeness (QED) is 0.149. The number of aliphatic imine (C=N–C) groups is 1. The predicted molar refractivity (Wildman–Crippen MR) is 124 cm³/mol. The Kier molecular flexibility index (Phi) is 8.65. The molecule has 2 aromatic rings. The van der Waals surface area contributed by atoms with Crippen molar-refractivity contribution in [3.8, 4) is 5.75 Å². The van der Waals surface area contributed by atoms with Crippen LogP contribution in [0.1, 0.15) is 30.9 Å². The van der Waals surface area contributed by atoms with Crippen molar-refractivity contribution in [3.63, 3.8) is 0 Å². The number of rotatable bonds is 12. The van der Waals surface area contributed by atoms with Crippen molar-refractivity contribution in [2.45, 2.75) is 31.7 Å². The van der Waals surface area contributed by atoms with Gasteiger partial charge in [0.05, 0.1) is 6.61 Å². The average molecular weight is 453 g/mol. The number of nitrogens with zero attached hydrogens (tertiary/aromatic N) is 4. The molecule has 1 heterocycles. The van der Waals surface area contributed by atoms with E-state index in [1.54, 1.807) is 24.3 Å². The average Bonchev–Trinajstić information content (AvgIpc) is 3.26. The summed E-state index contributed by atoms with van der Waals surface area (Å²) < 4.78 is 11.4. The van der Waals surface area contributed by atoms with E-state index in [0.717, 1.165) is 6.42 Å². The first-order valence-corrected chi connectivity index (χ1v) is 10.8. The minimum Gasteiger partial charge on any atom is -0.494 e. The molecule has 0 saturated heterocycles. The number of hydrogen-bond acceptors (Lipinski definition) is 7. The van der Waals surface area contributed by atoms with Crippen LogP contribution >= 0.6 is 0 Å². The van der Waals surface area contributed by atoms with E-state index in [0.29, 0.717) is 48.0 Å². The summed E-state index contributed by atoms with van der Waals surface area (Å²) in [4.78, 5) is 20.8. The summed E-state index contributed by atoms with van der Waals surface area (Å²) >= 11 is 0. The summed E-state index contributed by atoms with van der Waals surface area (Å²) in [6.07, 6.45) is 1.61. The normalized spacial score (nSPS) is 17.0. The molecule has 33 heavy (non-hydrogen) atoms. The second-order valence-electron chi connectivity index (χ2n) is 7.56. The highest BCUT2D eigenvalue weighted by atomic mass is 16.5. The van der Waals surface area contributed by atoms with E-state index < -0.39 is 5.54 Å². The fourth-order valence-electron chi connectivity index (χ4n) is 3.34. The Bertz CT molecular complexity index is 1020. The van der Waals surface area contributed by atoms with Crippen molar-refractivity contribution in [1.29, 1.82) is 0 Å². The van der Waals surface area contributed by atoms with Gasteiger partial charge in [0.25, 0.3) is 5.91 Å². The zero-order valence-electron chi connectivity index (χ0n) is 18.5. The van der Waals surface area contributed by atoms with Crippen LogP contribution in [0.3, 0.4) is 0 Å². The van der Waals surface area contributed by atoms with Crippen LogP contribution in [0.25, 0.3) is 10.4 Å². The van der Waals surface area contributed by atoms with Gasteiger partial charge in [-0.1, -0.05) is 36.3 Å². The van der Waals surface area contributed by atoms with Crippen LogP contribution in [-0.4, -0.2) is 48.8 Å². The third-order valence-electron chi connectivity index (χ3n) is 5.06. The molecule has 0 spiro atoms. The molecule has 1 aliphatic heterocycles. The molecule has 0 radical (unpaired) electrons. The maximum absolute atomic E-state index is 13.2. The first kappa shape index (κ1) is 24.1. The van der Waals surface area contributed by atoms with E-state index in [1.165, 1.54) is 0 Å². The fraction of sp³-hybridized carbons (Fsp3) is 0.391. The minimum atomic E-state index is -1.23. The number of carbonyl (C=O) groups is 1. The first-order valence-electron chi connectivity index (χ1n) is 10.8. The van der Waals surface area contributed by atoms with Crippen molar-refractivity contribution in [2.75, 3.05) is 26.4 Å². The van der Waals surface area contributed by atoms with Crippen molar-refractivity contribution in [2.24, 2.45) is 10.1 Å². The molecule has 0 saturated carbocycles. The molecule has 0 unspecified atom stereocenters. The van der Waals surface area contributed by atoms with E-state index >= 15 is 0 Å². The van der Waals surface area contributed by atoms with Crippen molar-refractivity contribution < 1.29 is 19.4 Å². The molecule has 0 aliphatic carbocycles. The maximum Gasteiger partial charge on any atom is 0.266 e. The van der Waals surface area contributed by atoms with Gasteiger partial charge in [0.2, 0.25) is 5.90 Å². The number of aliphatic hydroxyl groups excluding tert-OH is 1. The standard InChI is InChI=1S/C23H28N6O4/c1-2-12-25-28-22(31)23(15-18-6-3-4-7-20(18)27-29-24)16-33-21(26-23)17-8-10-19(11-9-17)32-14-5-13-30/h3-4,6-11,25,30H,2,5,12-16H2,1H3,(H,28,31)/t23-/m0/s1. The fourth-order valence-corrected chi connectivity index (χ4v) is 3.34. The molecular weight excluding hydrogens is 424 g/mol. The summed E-state index contributed by atoms with van der Waals surface area (Å²) in [6, 6.07) is 14.3. The Morgan fingerprint density at radius 1 is 1.30 bits per heavy atom. The zero-order valence-corrected chi connectivity index (χ0v) is 18.5. The van der Waals surface area contributed by atoms with Crippen molar-refractivity contribution in [1.82, 2.24) is 10.9 Å². The lowest BCUT2D eigenvalue weighted by atomic mass is 9.91. The number of ether oxygens (including phenoxy) is 2. The van der Waals surface area contributed by atoms with Crippen LogP contribution in [0.5, 0.6) is 5.75 Å². The topological polar surface area (TPSA) is 141 Å². The van der Waals surface area contributed by atoms with Crippen LogP contribution in [0.15, 0.2) is 58.6 Å². The second-order valence-corrected chi connectivity index (χ2v) is 7.56. The number of hydrogen-bond donors (Lipinski definition) is 3. The monoisotopic (exact) mass is 452 g/mol. The summed E-state index contributed by atoms with van der Waals surface area (Å²) in [7, 11) is 0. The molecule has 1 amide bonds. The Balaban J connectivity index is 1.87. The molecule has 174 valence electrons. The number of amides is 1. The lowest BCUT2D eigenvalue weighted by molar-refractivity contribution is -0.127. The molecule has 0 fully saturated rings. The first-order chi connectivity index (χ1) is 16.1. The molecule has 10 nitrogen and oxygen atoms in total. The molecule has 0 bridgehead atoms. The van der Waals surface area contributed by atoms with Crippen LogP contribution in [-0.2, 0) is 16.0 Å². The SMILES string of the molecule is CCCNNC(=O)[C@]1(Cc2ccccc2N=[N+]=[N-])COC(c2ccc(OCCCO)cc2)=N1. The Hall–Kier alpha value is -3.59. The van der Waals surface area contributed by atoms with Gasteiger partial charge < -0.3 is 14.6 Å². The number of hydrazine groups is 1. The van der Waals surface area contributed by atoms with Gasteiger partial charge in [-0.05, 0) is 41.8 Å². The summed E-state index contributed by atoms with van der Waals surface area (Å²) in [5.74, 6) is 0.691. The zero-order chi connectivity index (χ0) is 23.5. The number of benzene rings is 2. The minimum absolute atomic E-state index is 0.0430. The second kappa shape index (κ2) is 11.9. The van der Waals surface area contributed by atoms with Gasteiger partial charge in [-0.15, -0.1) is 0 Å². The van der Waals surface area contributed by atoms with Gasteiger partial charge in [0.15, 0.2) is 5.54 Å².